The van der Waals surface area contributed by atoms with Gasteiger partial charge in [-0.1, -0.05) is 0 Å². The van der Waals surface area contributed by atoms with Crippen molar-refractivity contribution in [3.63, 3.8) is 0 Å². The molecule has 1 aliphatic heterocycles. The molecule has 1 saturated heterocycles. The minimum absolute atomic E-state index is 0.144. The zero-order valence-electron chi connectivity index (χ0n) is 9.66. The lowest BCUT2D eigenvalue weighted by Crippen LogP contribution is -2.50. The zero-order valence-corrected chi connectivity index (χ0v) is 9.66. The quantitative estimate of drug-likeness (QED) is 0.488. The van der Waals surface area contributed by atoms with Crippen molar-refractivity contribution >= 4 is 11.9 Å². The van der Waals surface area contributed by atoms with Gasteiger partial charge in [0.1, 0.15) is 0 Å². The summed E-state index contributed by atoms with van der Waals surface area (Å²) in [7, 11) is 0. The molecular weight excluding hydrogens is 194 g/mol. The Morgan fingerprint density at radius 3 is 2.27 bits per heavy atom. The molecule has 2 atom stereocenters. The fraction of sp³-hybridized carbons (Fsp3) is 0.818. The Morgan fingerprint density at radius 2 is 1.80 bits per heavy atom. The van der Waals surface area contributed by atoms with Crippen LogP contribution in [0.4, 0.5) is 0 Å². The summed E-state index contributed by atoms with van der Waals surface area (Å²) < 4.78 is 4.72. The molecule has 4 heteroatoms. The molecule has 0 saturated carbocycles. The smallest absolute Gasteiger partial charge is 0.397 e. The van der Waals surface area contributed by atoms with E-state index in [0.29, 0.717) is 0 Å². The topological polar surface area (TPSA) is 46.6 Å². The van der Waals surface area contributed by atoms with E-state index in [1.54, 1.807) is 11.8 Å². The third kappa shape index (κ3) is 2.70. The van der Waals surface area contributed by atoms with Gasteiger partial charge in [0.25, 0.3) is 0 Å². The van der Waals surface area contributed by atoms with E-state index in [4.69, 9.17) is 4.74 Å². The molecule has 1 fully saturated rings. The van der Waals surface area contributed by atoms with Crippen LogP contribution in [-0.4, -0.2) is 35.5 Å². The van der Waals surface area contributed by atoms with Crippen LogP contribution in [0.2, 0.25) is 0 Å². The molecule has 0 radical (unpaired) electrons. The van der Waals surface area contributed by atoms with Crippen LogP contribution < -0.4 is 0 Å². The van der Waals surface area contributed by atoms with Crippen LogP contribution >= 0.6 is 0 Å². The van der Waals surface area contributed by atoms with E-state index in [1.807, 2.05) is 13.8 Å². The molecule has 0 spiro atoms. The second-order valence-corrected chi connectivity index (χ2v) is 4.06. The first-order valence-corrected chi connectivity index (χ1v) is 5.57. The molecular formula is C11H19NO3. The van der Waals surface area contributed by atoms with Gasteiger partial charge in [-0.2, -0.15) is 0 Å². The lowest BCUT2D eigenvalue weighted by molar-refractivity contribution is -0.163. The van der Waals surface area contributed by atoms with Gasteiger partial charge in [0.05, 0.1) is 6.61 Å². The van der Waals surface area contributed by atoms with Gasteiger partial charge in [0.2, 0.25) is 0 Å². The first-order valence-electron chi connectivity index (χ1n) is 5.57. The molecule has 0 aromatic carbocycles. The molecule has 15 heavy (non-hydrogen) atoms. The molecule has 4 nitrogen and oxygen atoms in total. The molecule has 0 bridgehead atoms. The molecule has 1 amide bonds. The van der Waals surface area contributed by atoms with E-state index in [-0.39, 0.29) is 18.7 Å². The first-order chi connectivity index (χ1) is 7.07. The molecule has 1 aliphatic rings. The number of piperidine rings is 1. The van der Waals surface area contributed by atoms with Crippen molar-refractivity contribution in [2.24, 2.45) is 0 Å². The molecule has 0 unspecified atom stereocenters. The van der Waals surface area contributed by atoms with Gasteiger partial charge < -0.3 is 9.64 Å². The van der Waals surface area contributed by atoms with Crippen LogP contribution in [0.1, 0.15) is 40.0 Å². The second-order valence-electron chi connectivity index (χ2n) is 4.06. The number of carbonyl (C=O) groups is 2. The largest absolute Gasteiger partial charge is 0.459 e. The summed E-state index contributed by atoms with van der Waals surface area (Å²) >= 11 is 0. The van der Waals surface area contributed by atoms with Crippen molar-refractivity contribution in [3.05, 3.63) is 0 Å². The number of ether oxygens (including phenoxy) is 1. The van der Waals surface area contributed by atoms with E-state index < -0.39 is 11.9 Å². The highest BCUT2D eigenvalue weighted by Gasteiger charge is 2.33. The Balaban J connectivity index is 2.67. The normalized spacial score (nSPS) is 26.2. The number of likely N-dealkylation sites (tertiary alicyclic amines) is 1. The van der Waals surface area contributed by atoms with Crippen LogP contribution in [-0.2, 0) is 14.3 Å². The Bertz CT molecular complexity index is 242. The van der Waals surface area contributed by atoms with Gasteiger partial charge in [0, 0.05) is 12.1 Å². The highest BCUT2D eigenvalue weighted by molar-refractivity contribution is 6.32. The van der Waals surface area contributed by atoms with Gasteiger partial charge in [0.15, 0.2) is 0 Å². The molecule has 86 valence electrons. The van der Waals surface area contributed by atoms with Gasteiger partial charge in [-0.3, -0.25) is 4.79 Å². The third-order valence-corrected chi connectivity index (χ3v) is 2.88. The Kier molecular flexibility index (Phi) is 4.12. The third-order valence-electron chi connectivity index (χ3n) is 2.88. The number of rotatable bonds is 1. The maximum Gasteiger partial charge on any atom is 0.397 e. The predicted molar refractivity (Wildman–Crippen MR) is 56.3 cm³/mol. The number of carbonyl (C=O) groups excluding carboxylic acids is 2. The fourth-order valence-electron chi connectivity index (χ4n) is 2.12. The highest BCUT2D eigenvalue weighted by atomic mass is 16.5. The summed E-state index contributed by atoms with van der Waals surface area (Å²) in [5.41, 5.74) is 0. The van der Waals surface area contributed by atoms with E-state index in [1.165, 1.54) is 0 Å². The van der Waals surface area contributed by atoms with Crippen LogP contribution in [0, 0.1) is 0 Å². The molecule has 0 aliphatic carbocycles. The van der Waals surface area contributed by atoms with E-state index >= 15 is 0 Å². The minimum Gasteiger partial charge on any atom is -0.459 e. The van der Waals surface area contributed by atoms with Crippen LogP contribution in [0.5, 0.6) is 0 Å². The minimum atomic E-state index is -0.724. The van der Waals surface area contributed by atoms with Crippen molar-refractivity contribution in [2.75, 3.05) is 6.61 Å². The fourth-order valence-corrected chi connectivity index (χ4v) is 2.12. The number of amides is 1. The van der Waals surface area contributed by atoms with Gasteiger partial charge >= 0.3 is 11.9 Å². The average Bonchev–Trinajstić information content (AvgIpc) is 2.17. The molecule has 0 aromatic heterocycles. The van der Waals surface area contributed by atoms with E-state index in [9.17, 15) is 9.59 Å². The van der Waals surface area contributed by atoms with Crippen LogP contribution in [0.15, 0.2) is 0 Å². The molecule has 1 heterocycles. The SMILES string of the molecule is CCOC(=O)C(=O)N1[C@@H](C)CCC[C@@H]1C. The molecule has 0 N–H and O–H groups in total. The summed E-state index contributed by atoms with van der Waals surface area (Å²) in [6.45, 7) is 5.91. The van der Waals surface area contributed by atoms with Crippen molar-refractivity contribution < 1.29 is 14.3 Å². The molecule has 0 aromatic rings. The average molecular weight is 213 g/mol. The number of hydrogen-bond acceptors (Lipinski definition) is 3. The van der Waals surface area contributed by atoms with Gasteiger partial charge in [-0.05, 0) is 40.0 Å². The van der Waals surface area contributed by atoms with Crippen molar-refractivity contribution in [1.29, 1.82) is 0 Å². The first kappa shape index (κ1) is 12.0. The second kappa shape index (κ2) is 5.14. The predicted octanol–water partition coefficient (Wildman–Crippen LogP) is 1.34. The number of hydrogen-bond donors (Lipinski definition) is 0. The Labute approximate surface area is 90.6 Å². The summed E-state index contributed by atoms with van der Waals surface area (Å²) in [6, 6.07) is 0.288. The summed E-state index contributed by atoms with van der Waals surface area (Å²) in [5, 5.41) is 0. The summed E-state index contributed by atoms with van der Waals surface area (Å²) in [4.78, 5) is 24.7. The lowest BCUT2D eigenvalue weighted by Gasteiger charge is -2.38. The van der Waals surface area contributed by atoms with Crippen molar-refractivity contribution in [3.8, 4) is 0 Å². The standard InChI is InChI=1S/C11H19NO3/c1-4-15-11(14)10(13)12-8(2)6-5-7-9(12)3/h8-9H,4-7H2,1-3H3/t8-,9-/m0/s1. The van der Waals surface area contributed by atoms with Crippen LogP contribution in [0.3, 0.4) is 0 Å². The maximum atomic E-state index is 11.8. The highest BCUT2D eigenvalue weighted by Crippen LogP contribution is 2.22. The van der Waals surface area contributed by atoms with E-state index in [2.05, 4.69) is 0 Å². The number of esters is 1. The van der Waals surface area contributed by atoms with Crippen molar-refractivity contribution in [2.45, 2.75) is 52.1 Å². The summed E-state index contributed by atoms with van der Waals surface area (Å²) in [6.07, 6.45) is 3.06. The molecule has 1 rings (SSSR count). The number of nitrogens with zero attached hydrogens (tertiary/aromatic N) is 1. The lowest BCUT2D eigenvalue weighted by atomic mass is 9.97. The zero-order chi connectivity index (χ0) is 11.4. The Hall–Kier alpha value is -1.06. The van der Waals surface area contributed by atoms with Gasteiger partial charge in [-0.25, -0.2) is 4.79 Å². The van der Waals surface area contributed by atoms with Gasteiger partial charge in [-0.15, -0.1) is 0 Å². The monoisotopic (exact) mass is 213 g/mol. The van der Waals surface area contributed by atoms with E-state index in [0.717, 1.165) is 19.3 Å². The van der Waals surface area contributed by atoms with Crippen molar-refractivity contribution in [1.82, 2.24) is 4.90 Å². The Morgan fingerprint density at radius 1 is 1.27 bits per heavy atom. The summed E-state index contributed by atoms with van der Waals surface area (Å²) in [5.74, 6) is -1.21. The van der Waals surface area contributed by atoms with Crippen LogP contribution in [0.25, 0.3) is 0 Å². The maximum absolute atomic E-state index is 11.8.